The molecule has 1 heterocycles. The van der Waals surface area contributed by atoms with Crippen LogP contribution in [0, 0.1) is 0 Å². The highest BCUT2D eigenvalue weighted by molar-refractivity contribution is 6.33. The van der Waals surface area contributed by atoms with Gasteiger partial charge in [0.1, 0.15) is 12.7 Å². The van der Waals surface area contributed by atoms with E-state index in [-0.39, 0.29) is 6.10 Å². The van der Waals surface area contributed by atoms with E-state index < -0.39 is 0 Å². The first-order chi connectivity index (χ1) is 11.8. The predicted octanol–water partition coefficient (Wildman–Crippen LogP) is 4.93. The maximum Gasteiger partial charge on any atom is 0.169 e. The lowest BCUT2D eigenvalue weighted by Crippen LogP contribution is -2.39. The fraction of sp³-hybridized carbons (Fsp3) is 0.400. The van der Waals surface area contributed by atoms with Crippen LogP contribution in [0.1, 0.15) is 26.7 Å². The molecule has 0 bridgehead atoms. The lowest BCUT2D eigenvalue weighted by molar-refractivity contribution is 0.0909. The zero-order valence-electron chi connectivity index (χ0n) is 14.2. The van der Waals surface area contributed by atoms with Gasteiger partial charge in [0.25, 0.3) is 0 Å². The molecule has 0 radical (unpaired) electrons. The van der Waals surface area contributed by atoms with E-state index in [0.717, 1.165) is 34.2 Å². The van der Waals surface area contributed by atoms with Crippen molar-refractivity contribution in [3.05, 3.63) is 47.5 Å². The molecular formula is C20H24ClNO2. The van der Waals surface area contributed by atoms with Crippen LogP contribution in [0.25, 0.3) is 11.1 Å². The van der Waals surface area contributed by atoms with Crippen LogP contribution in [-0.2, 0) is 0 Å². The SMILES string of the molecule is CC.Clc1ccccc1-c1cccc2c1OC(CNC1CC1)CO2. The van der Waals surface area contributed by atoms with Crippen molar-refractivity contribution in [3.63, 3.8) is 0 Å². The van der Waals surface area contributed by atoms with Gasteiger partial charge in [-0.1, -0.05) is 55.8 Å². The lowest BCUT2D eigenvalue weighted by atomic mass is 10.0. The van der Waals surface area contributed by atoms with Gasteiger partial charge in [0, 0.05) is 28.7 Å². The summed E-state index contributed by atoms with van der Waals surface area (Å²) in [6.45, 7) is 5.40. The zero-order chi connectivity index (χ0) is 16.9. The number of rotatable bonds is 4. The molecule has 1 aliphatic heterocycles. The molecule has 24 heavy (non-hydrogen) atoms. The van der Waals surface area contributed by atoms with E-state index in [1.54, 1.807) is 0 Å². The summed E-state index contributed by atoms with van der Waals surface area (Å²) in [5, 5.41) is 4.22. The molecule has 1 atom stereocenters. The van der Waals surface area contributed by atoms with Crippen molar-refractivity contribution >= 4 is 11.6 Å². The van der Waals surface area contributed by atoms with Crippen molar-refractivity contribution in [1.82, 2.24) is 5.32 Å². The number of hydrogen-bond donors (Lipinski definition) is 1. The molecule has 2 aromatic rings. The molecule has 2 aliphatic rings. The molecule has 128 valence electrons. The van der Waals surface area contributed by atoms with Gasteiger partial charge < -0.3 is 14.8 Å². The molecule has 1 unspecified atom stereocenters. The monoisotopic (exact) mass is 345 g/mol. The normalized spacial score (nSPS) is 18.5. The van der Waals surface area contributed by atoms with Crippen LogP contribution < -0.4 is 14.8 Å². The Morgan fingerprint density at radius 3 is 2.54 bits per heavy atom. The largest absolute Gasteiger partial charge is 0.486 e. The lowest BCUT2D eigenvalue weighted by Gasteiger charge is -2.28. The third kappa shape index (κ3) is 3.85. The fourth-order valence-corrected chi connectivity index (χ4v) is 2.95. The van der Waals surface area contributed by atoms with Gasteiger partial charge in [0.2, 0.25) is 0 Å². The Morgan fingerprint density at radius 2 is 1.79 bits per heavy atom. The molecular weight excluding hydrogens is 322 g/mol. The van der Waals surface area contributed by atoms with Crippen molar-refractivity contribution in [2.75, 3.05) is 13.2 Å². The Kier molecular flexibility index (Phi) is 5.64. The highest BCUT2D eigenvalue weighted by Gasteiger charge is 2.27. The summed E-state index contributed by atoms with van der Waals surface area (Å²) in [5.41, 5.74) is 1.96. The topological polar surface area (TPSA) is 30.5 Å². The molecule has 1 aliphatic carbocycles. The molecule has 4 heteroatoms. The second kappa shape index (κ2) is 7.91. The Morgan fingerprint density at radius 1 is 1.04 bits per heavy atom. The number of benzene rings is 2. The summed E-state index contributed by atoms with van der Waals surface area (Å²) in [5.74, 6) is 1.59. The van der Waals surface area contributed by atoms with E-state index in [9.17, 15) is 0 Å². The first-order valence-corrected chi connectivity index (χ1v) is 9.10. The van der Waals surface area contributed by atoms with E-state index in [1.807, 2.05) is 56.3 Å². The fourth-order valence-electron chi connectivity index (χ4n) is 2.71. The van der Waals surface area contributed by atoms with Gasteiger partial charge in [-0.2, -0.15) is 0 Å². The van der Waals surface area contributed by atoms with Crippen LogP contribution in [0.15, 0.2) is 42.5 Å². The van der Waals surface area contributed by atoms with Gasteiger partial charge >= 0.3 is 0 Å². The van der Waals surface area contributed by atoms with E-state index in [0.29, 0.717) is 12.6 Å². The maximum atomic E-state index is 6.34. The highest BCUT2D eigenvalue weighted by atomic mass is 35.5. The molecule has 0 saturated heterocycles. The van der Waals surface area contributed by atoms with E-state index >= 15 is 0 Å². The second-order valence-corrected chi connectivity index (χ2v) is 6.25. The zero-order valence-corrected chi connectivity index (χ0v) is 15.0. The van der Waals surface area contributed by atoms with Crippen LogP contribution in [-0.4, -0.2) is 25.3 Å². The molecule has 3 nitrogen and oxygen atoms in total. The van der Waals surface area contributed by atoms with Crippen LogP contribution in [0.5, 0.6) is 11.5 Å². The Balaban J connectivity index is 0.000000815. The Hall–Kier alpha value is -1.71. The molecule has 1 N–H and O–H groups in total. The molecule has 2 aromatic carbocycles. The summed E-state index contributed by atoms with van der Waals surface area (Å²) in [4.78, 5) is 0. The van der Waals surface area contributed by atoms with E-state index in [2.05, 4.69) is 5.32 Å². The van der Waals surface area contributed by atoms with Crippen molar-refractivity contribution in [3.8, 4) is 22.6 Å². The van der Waals surface area contributed by atoms with Crippen molar-refractivity contribution in [2.45, 2.75) is 38.8 Å². The number of halogens is 1. The summed E-state index contributed by atoms with van der Waals surface area (Å²) < 4.78 is 12.1. The number of hydrogen-bond acceptors (Lipinski definition) is 3. The van der Waals surface area contributed by atoms with Crippen molar-refractivity contribution < 1.29 is 9.47 Å². The highest BCUT2D eigenvalue weighted by Crippen LogP contribution is 2.42. The predicted molar refractivity (Wildman–Crippen MR) is 99.2 cm³/mol. The third-order valence-corrected chi connectivity index (χ3v) is 4.39. The van der Waals surface area contributed by atoms with E-state index in [4.69, 9.17) is 21.1 Å². The van der Waals surface area contributed by atoms with Crippen molar-refractivity contribution in [2.24, 2.45) is 0 Å². The summed E-state index contributed by atoms with van der Waals surface area (Å²) in [6.07, 6.45) is 2.58. The number of nitrogens with one attached hydrogen (secondary N) is 1. The minimum absolute atomic E-state index is 0.0386. The average molecular weight is 346 g/mol. The van der Waals surface area contributed by atoms with Gasteiger partial charge in [-0.3, -0.25) is 0 Å². The Labute approximate surface area is 148 Å². The second-order valence-electron chi connectivity index (χ2n) is 5.85. The molecule has 0 amide bonds. The van der Waals surface area contributed by atoms with Gasteiger partial charge in [0.15, 0.2) is 11.5 Å². The summed E-state index contributed by atoms with van der Waals surface area (Å²) >= 11 is 6.34. The van der Waals surface area contributed by atoms with Crippen LogP contribution >= 0.6 is 11.6 Å². The minimum Gasteiger partial charge on any atom is -0.486 e. The van der Waals surface area contributed by atoms with Crippen LogP contribution in [0.3, 0.4) is 0 Å². The third-order valence-electron chi connectivity index (χ3n) is 4.06. The smallest absolute Gasteiger partial charge is 0.169 e. The number of fused-ring (bicyclic) bond motifs is 1. The summed E-state index contributed by atoms with van der Waals surface area (Å²) in [7, 11) is 0. The molecule has 1 fully saturated rings. The van der Waals surface area contributed by atoms with Gasteiger partial charge in [-0.05, 0) is 25.0 Å². The number of para-hydroxylation sites is 1. The molecule has 0 spiro atoms. The quantitative estimate of drug-likeness (QED) is 0.852. The molecule has 1 saturated carbocycles. The Bertz CT molecular complexity index is 685. The van der Waals surface area contributed by atoms with Crippen LogP contribution in [0.4, 0.5) is 0 Å². The van der Waals surface area contributed by atoms with Crippen molar-refractivity contribution in [1.29, 1.82) is 0 Å². The first kappa shape index (κ1) is 17.1. The number of ether oxygens (including phenoxy) is 2. The van der Waals surface area contributed by atoms with Gasteiger partial charge in [-0.25, -0.2) is 0 Å². The minimum atomic E-state index is 0.0386. The average Bonchev–Trinajstić information content (AvgIpc) is 3.46. The molecule has 4 rings (SSSR count). The van der Waals surface area contributed by atoms with Gasteiger partial charge in [0.05, 0.1) is 0 Å². The van der Waals surface area contributed by atoms with Crippen LogP contribution in [0.2, 0.25) is 5.02 Å². The standard InChI is InChI=1S/C18H18ClNO2.C2H6/c19-16-6-2-1-4-14(16)15-5-3-7-17-18(15)22-13(11-21-17)10-20-12-8-9-12;1-2/h1-7,12-13,20H,8-11H2;1-2H3. The van der Waals surface area contributed by atoms with E-state index in [1.165, 1.54) is 12.8 Å². The first-order valence-electron chi connectivity index (χ1n) is 8.72. The van der Waals surface area contributed by atoms with Gasteiger partial charge in [-0.15, -0.1) is 0 Å². The summed E-state index contributed by atoms with van der Waals surface area (Å²) in [6, 6.07) is 14.4. The molecule has 0 aromatic heterocycles. The maximum absolute atomic E-state index is 6.34.